The fraction of sp³-hybridized carbons (Fsp3) is 0.533. The van der Waals surface area contributed by atoms with E-state index >= 15 is 0 Å². The van der Waals surface area contributed by atoms with Crippen LogP contribution in [0.4, 0.5) is 11.4 Å². The average Bonchev–Trinajstić information content (AvgIpc) is 2.78. The van der Waals surface area contributed by atoms with Crippen molar-refractivity contribution in [1.29, 1.82) is 0 Å². The van der Waals surface area contributed by atoms with Crippen LogP contribution in [0.5, 0.6) is 0 Å². The van der Waals surface area contributed by atoms with Gasteiger partial charge < -0.3 is 14.5 Å². The molecule has 1 amide bonds. The molecule has 1 aromatic carbocycles. The lowest BCUT2D eigenvalue weighted by Gasteiger charge is -2.30. The molecule has 20 heavy (non-hydrogen) atoms. The molecule has 4 nitrogen and oxygen atoms in total. The van der Waals surface area contributed by atoms with Crippen molar-refractivity contribution < 1.29 is 9.53 Å². The van der Waals surface area contributed by atoms with Gasteiger partial charge >= 0.3 is 0 Å². The molecule has 0 bridgehead atoms. The van der Waals surface area contributed by atoms with Gasteiger partial charge in [0.05, 0.1) is 13.2 Å². The molecule has 2 aliphatic heterocycles. The van der Waals surface area contributed by atoms with E-state index in [2.05, 4.69) is 36.6 Å². The van der Waals surface area contributed by atoms with Crippen molar-refractivity contribution in [2.45, 2.75) is 18.6 Å². The third-order valence-electron chi connectivity index (χ3n) is 3.95. The summed E-state index contributed by atoms with van der Waals surface area (Å²) in [6, 6.07) is 6.27. The fourth-order valence-corrected chi connectivity index (χ4v) is 3.22. The summed E-state index contributed by atoms with van der Waals surface area (Å²) < 4.78 is 5.39. The van der Waals surface area contributed by atoms with E-state index in [1.807, 2.05) is 11.0 Å². The predicted octanol–water partition coefficient (Wildman–Crippen LogP) is 1.87. The van der Waals surface area contributed by atoms with E-state index in [4.69, 9.17) is 4.74 Å². The molecule has 0 aliphatic carbocycles. The number of thiol groups is 1. The Kier molecular flexibility index (Phi) is 3.89. The zero-order chi connectivity index (χ0) is 14.1. The second kappa shape index (κ2) is 5.66. The number of morpholine rings is 1. The molecule has 2 aliphatic rings. The highest BCUT2D eigenvalue weighted by atomic mass is 32.1. The molecule has 1 aromatic rings. The van der Waals surface area contributed by atoms with Crippen LogP contribution in [0.2, 0.25) is 0 Å². The molecular weight excluding hydrogens is 272 g/mol. The van der Waals surface area contributed by atoms with Crippen molar-refractivity contribution in [3.05, 3.63) is 23.8 Å². The summed E-state index contributed by atoms with van der Waals surface area (Å²) in [7, 11) is 0. The fourth-order valence-electron chi connectivity index (χ4n) is 2.90. The van der Waals surface area contributed by atoms with Gasteiger partial charge in [0.25, 0.3) is 0 Å². The Morgan fingerprint density at radius 1 is 1.30 bits per heavy atom. The predicted molar refractivity (Wildman–Crippen MR) is 84.0 cm³/mol. The van der Waals surface area contributed by atoms with Crippen molar-refractivity contribution in [3.8, 4) is 0 Å². The maximum atomic E-state index is 11.9. The van der Waals surface area contributed by atoms with E-state index < -0.39 is 0 Å². The molecular formula is C15H20N2O2S. The first-order chi connectivity index (χ1) is 9.65. The van der Waals surface area contributed by atoms with Gasteiger partial charge in [-0.3, -0.25) is 4.79 Å². The molecule has 0 radical (unpaired) electrons. The Morgan fingerprint density at radius 2 is 2.05 bits per heavy atom. The quantitative estimate of drug-likeness (QED) is 0.845. The molecule has 0 spiro atoms. The van der Waals surface area contributed by atoms with Crippen LogP contribution >= 0.6 is 12.6 Å². The maximum Gasteiger partial charge on any atom is 0.228 e. The van der Waals surface area contributed by atoms with E-state index in [9.17, 15) is 4.79 Å². The van der Waals surface area contributed by atoms with E-state index in [1.165, 1.54) is 11.3 Å². The molecule has 108 valence electrons. The normalized spacial score (nSPS) is 23.5. The monoisotopic (exact) mass is 292 g/mol. The van der Waals surface area contributed by atoms with E-state index in [0.717, 1.165) is 32.0 Å². The minimum atomic E-state index is 0.154. The molecule has 0 aromatic heterocycles. The van der Waals surface area contributed by atoms with Gasteiger partial charge in [-0.05, 0) is 30.7 Å². The van der Waals surface area contributed by atoms with Gasteiger partial charge in [0.15, 0.2) is 0 Å². The summed E-state index contributed by atoms with van der Waals surface area (Å²) in [6.45, 7) is 6.24. The molecule has 0 saturated carbocycles. The van der Waals surface area contributed by atoms with Crippen LogP contribution in [-0.2, 0) is 9.53 Å². The van der Waals surface area contributed by atoms with Crippen LogP contribution in [-0.4, -0.2) is 44.0 Å². The lowest BCUT2D eigenvalue weighted by molar-refractivity contribution is -0.117. The number of hydrogen-bond acceptors (Lipinski definition) is 4. The SMILES string of the molecule is Cc1cc(N2CC(S)CC2=O)ccc1N1CCOCC1. The minimum Gasteiger partial charge on any atom is -0.378 e. The largest absolute Gasteiger partial charge is 0.378 e. The Balaban J connectivity index is 1.82. The number of rotatable bonds is 2. The van der Waals surface area contributed by atoms with Crippen LogP contribution in [0, 0.1) is 6.92 Å². The van der Waals surface area contributed by atoms with Gasteiger partial charge in [-0.1, -0.05) is 0 Å². The highest BCUT2D eigenvalue weighted by molar-refractivity contribution is 7.81. The summed E-state index contributed by atoms with van der Waals surface area (Å²) in [6.07, 6.45) is 0.535. The summed E-state index contributed by atoms with van der Waals surface area (Å²) in [5, 5.41) is 0.154. The Bertz CT molecular complexity index is 515. The van der Waals surface area contributed by atoms with Crippen LogP contribution in [0.3, 0.4) is 0 Å². The third-order valence-corrected chi connectivity index (χ3v) is 4.29. The molecule has 2 fully saturated rings. The topological polar surface area (TPSA) is 32.8 Å². The van der Waals surface area contributed by atoms with Crippen molar-refractivity contribution in [1.82, 2.24) is 0 Å². The van der Waals surface area contributed by atoms with E-state index in [-0.39, 0.29) is 11.2 Å². The number of ether oxygens (including phenoxy) is 1. The zero-order valence-electron chi connectivity index (χ0n) is 11.7. The zero-order valence-corrected chi connectivity index (χ0v) is 12.6. The number of carbonyl (C=O) groups excluding carboxylic acids is 1. The van der Waals surface area contributed by atoms with Crippen LogP contribution in [0.15, 0.2) is 18.2 Å². The van der Waals surface area contributed by atoms with Crippen molar-refractivity contribution in [2.75, 3.05) is 42.6 Å². The molecule has 0 N–H and O–H groups in total. The Hall–Kier alpha value is -1.20. The van der Waals surface area contributed by atoms with Gasteiger partial charge in [0.2, 0.25) is 5.91 Å². The third kappa shape index (κ3) is 2.65. The molecule has 2 heterocycles. The standard InChI is InChI=1S/C15H20N2O2S/c1-11-8-12(17-10-13(20)9-15(17)18)2-3-14(11)16-4-6-19-7-5-16/h2-3,8,13,20H,4-7,9-10H2,1H3. The Labute approximate surface area is 125 Å². The van der Waals surface area contributed by atoms with Crippen LogP contribution in [0.1, 0.15) is 12.0 Å². The van der Waals surface area contributed by atoms with Crippen molar-refractivity contribution in [2.24, 2.45) is 0 Å². The molecule has 3 rings (SSSR count). The second-order valence-corrected chi connectivity index (χ2v) is 6.16. The van der Waals surface area contributed by atoms with Crippen LogP contribution in [0.25, 0.3) is 0 Å². The van der Waals surface area contributed by atoms with Gasteiger partial charge in [0.1, 0.15) is 0 Å². The smallest absolute Gasteiger partial charge is 0.228 e. The highest BCUT2D eigenvalue weighted by Crippen LogP contribution is 2.29. The lowest BCUT2D eigenvalue weighted by atomic mass is 10.1. The summed E-state index contributed by atoms with van der Waals surface area (Å²) in [5.74, 6) is 0.170. The van der Waals surface area contributed by atoms with Crippen molar-refractivity contribution in [3.63, 3.8) is 0 Å². The van der Waals surface area contributed by atoms with Crippen LogP contribution < -0.4 is 9.80 Å². The number of benzene rings is 1. The summed E-state index contributed by atoms with van der Waals surface area (Å²) in [4.78, 5) is 16.1. The minimum absolute atomic E-state index is 0.154. The summed E-state index contributed by atoms with van der Waals surface area (Å²) in [5.41, 5.74) is 3.44. The number of carbonyl (C=O) groups is 1. The van der Waals surface area contributed by atoms with Gasteiger partial charge in [-0.15, -0.1) is 0 Å². The number of anilines is 2. The number of hydrogen-bond donors (Lipinski definition) is 1. The summed E-state index contributed by atoms with van der Waals surface area (Å²) >= 11 is 4.41. The second-order valence-electron chi connectivity index (χ2n) is 5.43. The molecule has 5 heteroatoms. The lowest BCUT2D eigenvalue weighted by Crippen LogP contribution is -2.36. The van der Waals surface area contributed by atoms with Gasteiger partial charge in [-0.25, -0.2) is 0 Å². The first-order valence-corrected chi connectivity index (χ1v) is 7.58. The number of amides is 1. The number of aryl methyl sites for hydroxylation is 1. The first kappa shape index (κ1) is 13.8. The molecule has 1 atom stereocenters. The molecule has 2 saturated heterocycles. The molecule has 1 unspecified atom stereocenters. The highest BCUT2D eigenvalue weighted by Gasteiger charge is 2.28. The van der Waals surface area contributed by atoms with Crippen molar-refractivity contribution >= 4 is 29.9 Å². The number of nitrogens with zero attached hydrogens (tertiary/aromatic N) is 2. The van der Waals surface area contributed by atoms with E-state index in [0.29, 0.717) is 13.0 Å². The Morgan fingerprint density at radius 3 is 2.65 bits per heavy atom. The average molecular weight is 292 g/mol. The maximum absolute atomic E-state index is 11.9. The van der Waals surface area contributed by atoms with Gasteiger partial charge in [-0.2, -0.15) is 12.6 Å². The van der Waals surface area contributed by atoms with Gasteiger partial charge in [0, 0.05) is 42.7 Å². The van der Waals surface area contributed by atoms with E-state index in [1.54, 1.807) is 0 Å². The first-order valence-electron chi connectivity index (χ1n) is 7.07.